The smallest absolute Gasteiger partial charge is 0.278 e. The van der Waals surface area contributed by atoms with Crippen molar-refractivity contribution in [3.63, 3.8) is 0 Å². The summed E-state index contributed by atoms with van der Waals surface area (Å²) in [5, 5.41) is 36.7. The minimum Gasteiger partial charge on any atom is -0.493 e. The first-order valence-electron chi connectivity index (χ1n) is 31.6. The molecular formula is C73H82N14O13. The van der Waals surface area contributed by atoms with E-state index in [1.165, 1.54) is 33.2 Å². The Morgan fingerprint density at radius 2 is 0.830 bits per heavy atom. The lowest BCUT2D eigenvalue weighted by Gasteiger charge is -2.20. The van der Waals surface area contributed by atoms with Crippen molar-refractivity contribution in [3.8, 4) is 11.5 Å². The zero-order valence-corrected chi connectivity index (χ0v) is 56.7. The van der Waals surface area contributed by atoms with Crippen molar-refractivity contribution in [1.82, 2.24) is 53.7 Å². The minimum absolute atomic E-state index is 0.138. The van der Waals surface area contributed by atoms with Crippen LogP contribution in [0.2, 0.25) is 0 Å². The number of hydrazone groups is 1. The van der Waals surface area contributed by atoms with Gasteiger partial charge in [-0.1, -0.05) is 121 Å². The predicted octanol–water partition coefficient (Wildman–Crippen LogP) is 7.53. The van der Waals surface area contributed by atoms with Crippen molar-refractivity contribution >= 4 is 108 Å². The van der Waals surface area contributed by atoms with E-state index in [0.29, 0.717) is 28.7 Å². The van der Waals surface area contributed by atoms with Crippen LogP contribution in [0.15, 0.2) is 187 Å². The minimum atomic E-state index is -0.895. The number of nitro groups is 1. The zero-order valence-electron chi connectivity index (χ0n) is 56.7. The van der Waals surface area contributed by atoms with E-state index in [0.717, 1.165) is 48.8 Å². The molecule has 1 unspecified atom stereocenters. The number of benzene rings is 9. The van der Waals surface area contributed by atoms with Crippen LogP contribution in [0.3, 0.4) is 0 Å². The fourth-order valence-electron chi connectivity index (χ4n) is 9.47. The topological polar surface area (TPSA) is 400 Å². The molecule has 5 atom stereocenters. The van der Waals surface area contributed by atoms with Gasteiger partial charge in [0.2, 0.25) is 5.91 Å². The third-order valence-electron chi connectivity index (χ3n) is 15.2. The van der Waals surface area contributed by atoms with E-state index in [4.69, 9.17) is 21.2 Å². The number of methoxy groups -OCH3 is 1. The van der Waals surface area contributed by atoms with Crippen LogP contribution in [-0.2, 0) is 24.0 Å². The number of nitro benzene ring substituents is 1. The quantitative estimate of drug-likeness (QED) is 0.00735. The Morgan fingerprint density at radius 3 is 1.16 bits per heavy atom. The van der Waals surface area contributed by atoms with Crippen molar-refractivity contribution in [2.24, 2.45) is 16.8 Å². The Bertz CT molecular complexity index is 4360. The largest absolute Gasteiger partial charge is 0.493 e. The van der Waals surface area contributed by atoms with Gasteiger partial charge in [0.1, 0.15) is 24.2 Å². The SMILES string of the molecule is CC(C)=NNC(=O)[C@H](C)NC(=O)c1ccc2ccccc2c1.CNC(=O)CCCOc1cc([N+](=O)[O-])c(C(C)NNC(=O)[C@H](C)NC(=O)c2ccc3ccccc3c2)cc1OC.C[C@H](NC(=O)c1ccc2ccccc2c1)C(=O)NN.C[C@H](NC(=O)c1ccc2ccccc2c1)C(=O)NN. The molecule has 9 aromatic carbocycles. The van der Waals surface area contributed by atoms with Crippen molar-refractivity contribution in [2.75, 3.05) is 20.8 Å². The number of carbonyl (C=O) groups excluding carboxylic acids is 9. The monoisotopic (exact) mass is 1360 g/mol. The Kier molecular flexibility index (Phi) is 29.1. The molecule has 0 aliphatic heterocycles. The molecule has 0 fully saturated rings. The first kappa shape index (κ1) is 76.8. The number of hydrogen-bond donors (Lipinski definition) is 12. The molecule has 100 heavy (non-hydrogen) atoms. The summed E-state index contributed by atoms with van der Waals surface area (Å²) in [7, 11) is 2.94. The van der Waals surface area contributed by atoms with Crippen LogP contribution in [0.4, 0.5) is 5.69 Å². The van der Waals surface area contributed by atoms with E-state index in [2.05, 4.69) is 48.0 Å². The molecule has 0 bridgehead atoms. The maximum absolute atomic E-state index is 12.7. The molecule has 0 heterocycles. The summed E-state index contributed by atoms with van der Waals surface area (Å²) in [5.74, 6) is 7.25. The van der Waals surface area contributed by atoms with Gasteiger partial charge in [0, 0.05) is 41.4 Å². The average molecular weight is 1360 g/mol. The zero-order chi connectivity index (χ0) is 73.0. The van der Waals surface area contributed by atoms with E-state index < -0.39 is 58.8 Å². The highest BCUT2D eigenvalue weighted by Gasteiger charge is 2.26. The lowest BCUT2D eigenvalue weighted by Crippen LogP contribution is -2.50. The first-order valence-corrected chi connectivity index (χ1v) is 31.6. The van der Waals surface area contributed by atoms with Gasteiger partial charge < -0.3 is 36.1 Å². The molecule has 9 amide bonds. The van der Waals surface area contributed by atoms with Crippen LogP contribution in [0, 0.1) is 10.1 Å². The second-order valence-corrected chi connectivity index (χ2v) is 22.9. The van der Waals surface area contributed by atoms with E-state index >= 15 is 0 Å². The van der Waals surface area contributed by atoms with E-state index in [1.807, 2.05) is 138 Å². The Hall–Kier alpha value is -12.2. The average Bonchev–Trinajstić information content (AvgIpc) is 1.08. The fraction of sp³-hybridized carbons (Fsp3) is 0.233. The van der Waals surface area contributed by atoms with Gasteiger partial charge in [0.25, 0.3) is 52.9 Å². The van der Waals surface area contributed by atoms with Crippen molar-refractivity contribution in [1.29, 1.82) is 0 Å². The summed E-state index contributed by atoms with van der Waals surface area (Å²) in [5.41, 5.74) is 14.4. The summed E-state index contributed by atoms with van der Waals surface area (Å²) in [6.07, 6.45) is 0.665. The van der Waals surface area contributed by atoms with Crippen LogP contribution >= 0.6 is 0 Å². The number of nitrogens with one attached hydrogen (secondary N) is 10. The number of hydrogen-bond acceptors (Lipinski definition) is 17. The van der Waals surface area contributed by atoms with Crippen molar-refractivity contribution < 1.29 is 57.5 Å². The van der Waals surface area contributed by atoms with Gasteiger partial charge in [-0.3, -0.25) is 69.5 Å². The van der Waals surface area contributed by atoms with Crippen molar-refractivity contribution in [3.05, 3.63) is 220 Å². The number of ether oxygens (including phenoxy) is 2. The number of rotatable bonds is 23. The van der Waals surface area contributed by atoms with Gasteiger partial charge in [-0.2, -0.15) is 5.10 Å². The molecule has 9 rings (SSSR count). The van der Waals surface area contributed by atoms with Crippen LogP contribution in [0.25, 0.3) is 43.1 Å². The van der Waals surface area contributed by atoms with Gasteiger partial charge in [-0.15, -0.1) is 0 Å². The maximum atomic E-state index is 12.7. The molecule has 0 aromatic heterocycles. The number of nitrogens with two attached hydrogens (primary N) is 2. The number of amides is 9. The molecule has 0 aliphatic carbocycles. The van der Waals surface area contributed by atoms with Crippen LogP contribution < -0.4 is 74.9 Å². The molecule has 14 N–H and O–H groups in total. The first-order chi connectivity index (χ1) is 47.8. The van der Waals surface area contributed by atoms with E-state index in [-0.39, 0.29) is 65.3 Å². The maximum Gasteiger partial charge on any atom is 0.278 e. The van der Waals surface area contributed by atoms with Gasteiger partial charge in [-0.25, -0.2) is 22.5 Å². The molecule has 0 saturated carbocycles. The number of fused-ring (bicyclic) bond motifs is 4. The molecule has 0 aliphatic rings. The summed E-state index contributed by atoms with van der Waals surface area (Å²) >= 11 is 0. The lowest BCUT2D eigenvalue weighted by molar-refractivity contribution is -0.385. The van der Waals surface area contributed by atoms with Gasteiger partial charge >= 0.3 is 0 Å². The van der Waals surface area contributed by atoms with Crippen LogP contribution in [-0.4, -0.2) is 109 Å². The second-order valence-electron chi connectivity index (χ2n) is 22.9. The Balaban J connectivity index is 0.000000223. The highest BCUT2D eigenvalue weighted by atomic mass is 16.6. The standard InChI is InChI=1S/C28H33N5O7.C17H19N3O2.2C14H15N3O2/c1-17(22-15-24(39-4)25(16-23(22)33(37)38)40-13-7-10-26(34)29-3)31-32-27(35)18(2)30-28(36)21-12-11-19-8-5-6-9-20(19)14-21;1-11(2)19-20-16(21)12(3)18-17(22)15-9-8-13-6-4-5-7-14(13)10-15;2*1-9(13(18)17-15)16-14(19)12-7-6-10-4-2-3-5-11(10)8-12/h5-6,8-9,11-12,14-18,31H,7,10,13H2,1-4H3,(H,29,34)(H,30,36)(H,32,35);4-10,12H,1-3H3,(H,18,22)(H,20,21);2*2-9H,15H2,1H3,(H,16,19)(H,17,18)/t17?,18-;12-;2*9-/m0000/s1. The summed E-state index contributed by atoms with van der Waals surface area (Å²) in [6.45, 7) is 11.6. The molecule has 0 saturated heterocycles. The highest BCUT2D eigenvalue weighted by molar-refractivity contribution is 6.04. The van der Waals surface area contributed by atoms with Gasteiger partial charge in [0.05, 0.1) is 36.3 Å². The number of nitrogens with zero attached hydrogens (tertiary/aromatic N) is 2. The summed E-state index contributed by atoms with van der Waals surface area (Å²) < 4.78 is 11.0. The molecule has 0 radical (unpaired) electrons. The molecule has 0 spiro atoms. The fourth-order valence-corrected chi connectivity index (χ4v) is 9.47. The normalized spacial score (nSPS) is 11.9. The highest BCUT2D eigenvalue weighted by Crippen LogP contribution is 2.37. The molecule has 9 aromatic rings. The number of carbonyl (C=O) groups is 9. The Labute approximate surface area is 577 Å². The molecule has 522 valence electrons. The predicted molar refractivity (Wildman–Crippen MR) is 383 cm³/mol. The van der Waals surface area contributed by atoms with Crippen LogP contribution in [0.5, 0.6) is 11.5 Å². The third-order valence-corrected chi connectivity index (χ3v) is 15.2. The van der Waals surface area contributed by atoms with Crippen LogP contribution in [0.1, 0.15) is 114 Å². The molecular weight excluding hydrogens is 1280 g/mol. The summed E-state index contributed by atoms with van der Waals surface area (Å²) in [6, 6.07) is 51.5. The number of hydrazine groups is 3. The van der Waals surface area contributed by atoms with Gasteiger partial charge in [-0.05, 0) is 153 Å². The van der Waals surface area contributed by atoms with Crippen molar-refractivity contribution in [2.45, 2.75) is 91.5 Å². The Morgan fingerprint density at radius 1 is 0.480 bits per heavy atom. The summed E-state index contributed by atoms with van der Waals surface area (Å²) in [4.78, 5) is 118. The molecule has 27 nitrogen and oxygen atoms in total. The molecule has 27 heteroatoms. The van der Waals surface area contributed by atoms with Gasteiger partial charge in [0.15, 0.2) is 11.5 Å². The van der Waals surface area contributed by atoms with E-state index in [1.54, 1.807) is 84.0 Å². The second kappa shape index (κ2) is 37.9. The lowest BCUT2D eigenvalue weighted by atomic mass is 10.1. The van der Waals surface area contributed by atoms with E-state index in [9.17, 15) is 53.3 Å². The third kappa shape index (κ3) is 22.7.